The monoisotopic (exact) mass is 219 g/mol. The lowest BCUT2D eigenvalue weighted by molar-refractivity contribution is -0.384. The number of benzene rings is 2. The summed E-state index contributed by atoms with van der Waals surface area (Å²) in [5.74, 6) is 0. The molecule has 0 atom stereocenters. The van der Waals surface area contributed by atoms with E-state index in [9.17, 15) is 0 Å². The Bertz CT molecular complexity index is 653. The summed E-state index contributed by atoms with van der Waals surface area (Å²) in [6, 6.07) is 12.9. The predicted molar refractivity (Wildman–Crippen MR) is 74.0 cm³/mol. The number of nitrogens with zero attached hydrogens (tertiary/aromatic N) is 1. The molecule has 2 heteroatoms. The summed E-state index contributed by atoms with van der Waals surface area (Å²) in [6.45, 7) is 2.94. The van der Waals surface area contributed by atoms with Crippen LogP contribution in [0.3, 0.4) is 0 Å². The molecule has 81 valence electrons. The van der Waals surface area contributed by atoms with Gasteiger partial charge in [-0.15, -0.1) is 0 Å². The lowest BCUT2D eigenvalue weighted by Crippen LogP contribution is -2.08. The summed E-state index contributed by atoms with van der Waals surface area (Å²) in [5.41, 5.74) is 3.93. The maximum absolute atomic E-state index is 4.10. The van der Waals surface area contributed by atoms with Crippen LogP contribution in [0.1, 0.15) is 18.1 Å². The highest BCUT2D eigenvalue weighted by atomic mass is 14.9. The second-order valence-electron chi connectivity index (χ2n) is 4.40. The highest BCUT2D eigenvalue weighted by molar-refractivity contribution is 6.15. The minimum Gasteiger partial charge on any atom is -0.314 e. The largest absolute Gasteiger partial charge is 0.513 e. The Balaban J connectivity index is 2.29. The molecule has 1 nitrogen and oxygen atoms in total. The van der Waals surface area contributed by atoms with Crippen molar-refractivity contribution in [3.63, 3.8) is 0 Å². The quantitative estimate of drug-likeness (QED) is 0.648. The van der Waals surface area contributed by atoms with Crippen molar-refractivity contribution in [3.8, 4) is 0 Å². The van der Waals surface area contributed by atoms with Crippen LogP contribution in [0.2, 0.25) is 0 Å². The topological polar surface area (TPSA) is 3.01 Å². The third kappa shape index (κ3) is 1.52. The maximum Gasteiger partial charge on any atom is 0.513 e. The van der Waals surface area contributed by atoms with Crippen molar-refractivity contribution in [2.24, 2.45) is 0 Å². The fourth-order valence-corrected chi connectivity index (χ4v) is 2.55. The second kappa shape index (κ2) is 3.88. The zero-order valence-corrected chi connectivity index (χ0v) is 9.98. The van der Waals surface area contributed by atoms with Crippen LogP contribution in [-0.4, -0.2) is 18.2 Å². The van der Waals surface area contributed by atoms with E-state index in [4.69, 9.17) is 0 Å². The molecule has 1 heterocycles. The van der Waals surface area contributed by atoms with Gasteiger partial charge in [0.1, 0.15) is 6.54 Å². The fourth-order valence-electron chi connectivity index (χ4n) is 2.55. The van der Waals surface area contributed by atoms with Gasteiger partial charge >= 0.3 is 7.98 Å². The molecule has 0 amide bonds. The number of fused-ring (bicyclic) bond motifs is 3. The van der Waals surface area contributed by atoms with Gasteiger partial charge in [-0.1, -0.05) is 36.4 Å². The number of hydrogen-bond donors (Lipinski definition) is 0. The molecule has 1 aliphatic rings. The minimum absolute atomic E-state index is 0.899. The van der Waals surface area contributed by atoms with Gasteiger partial charge in [-0.3, -0.25) is 0 Å². The van der Waals surface area contributed by atoms with Crippen molar-refractivity contribution in [2.75, 3.05) is 0 Å². The van der Waals surface area contributed by atoms with Crippen LogP contribution in [0.25, 0.3) is 10.8 Å². The van der Waals surface area contributed by atoms with Crippen molar-refractivity contribution >= 4 is 24.5 Å². The molecule has 0 fully saturated rings. The lowest BCUT2D eigenvalue weighted by Gasteiger charge is -2.02. The van der Waals surface area contributed by atoms with Crippen LogP contribution in [-0.2, 0) is 6.54 Å². The summed E-state index contributed by atoms with van der Waals surface area (Å²) in [6.07, 6.45) is 4.20. The van der Waals surface area contributed by atoms with Crippen molar-refractivity contribution in [1.82, 2.24) is 0 Å². The predicted octanol–water partition coefficient (Wildman–Crippen LogP) is 2.55. The van der Waals surface area contributed by atoms with E-state index in [0.29, 0.717) is 0 Å². The summed E-state index contributed by atoms with van der Waals surface area (Å²) in [4.78, 5) is 0. The van der Waals surface area contributed by atoms with Crippen molar-refractivity contribution in [3.05, 3.63) is 59.7 Å². The van der Waals surface area contributed by atoms with Gasteiger partial charge in [-0.05, 0) is 23.8 Å². The first-order valence-corrected chi connectivity index (χ1v) is 5.90. The van der Waals surface area contributed by atoms with Gasteiger partial charge in [0.2, 0.25) is 0 Å². The van der Waals surface area contributed by atoms with Gasteiger partial charge in [-0.25, -0.2) is 0 Å². The Morgan fingerprint density at radius 3 is 2.82 bits per heavy atom. The van der Waals surface area contributed by atoms with Gasteiger partial charge in [-0.2, -0.15) is 0 Å². The Kier molecular flexibility index (Phi) is 2.36. The van der Waals surface area contributed by atoms with E-state index >= 15 is 0 Å². The molecular weight excluding hydrogens is 205 g/mol. The molecule has 0 spiro atoms. The average Bonchev–Trinajstić information content (AvgIpc) is 2.67. The van der Waals surface area contributed by atoms with Crippen LogP contribution < -0.4 is 0 Å². The molecule has 0 aliphatic carbocycles. The minimum atomic E-state index is 0.899. The Morgan fingerprint density at radius 1 is 1.18 bits per heavy atom. The van der Waals surface area contributed by atoms with E-state index in [-0.39, 0.29) is 0 Å². The Labute approximate surface area is 103 Å². The molecule has 1 radical (unpaired) electrons. The summed E-state index contributed by atoms with van der Waals surface area (Å²) < 4.78 is 2.07. The summed E-state index contributed by atoms with van der Waals surface area (Å²) in [5, 5.41) is 2.65. The van der Waals surface area contributed by atoms with Crippen LogP contribution in [0, 0.1) is 0 Å². The van der Waals surface area contributed by atoms with E-state index in [1.54, 1.807) is 0 Å². The van der Waals surface area contributed by atoms with E-state index in [0.717, 1.165) is 6.54 Å². The number of allylic oxidation sites excluding steroid dienone is 2. The van der Waals surface area contributed by atoms with Crippen LogP contribution in [0.15, 0.2) is 48.6 Å². The smallest absolute Gasteiger partial charge is 0.314 e. The normalized spacial score (nSPS) is 14.9. The first-order valence-electron chi connectivity index (χ1n) is 5.90. The average molecular weight is 219 g/mol. The molecule has 0 unspecified atom stereocenters. The number of hydrogen-bond acceptors (Lipinski definition) is 0. The molecule has 0 saturated carbocycles. The molecule has 3 rings (SSSR count). The summed E-state index contributed by atoms with van der Waals surface area (Å²) >= 11 is 0. The molecule has 0 N–H and O–H groups in total. The van der Waals surface area contributed by atoms with Gasteiger partial charge < -0.3 is 4.49 Å². The van der Waals surface area contributed by atoms with Crippen LogP contribution >= 0.6 is 0 Å². The standard InChI is InChI=1S/C15H14BN/c1-2-5-15-13-9-8-11-6-3-4-7-12(11)14(13)10-17(15)16/h2-9,16H,10H2,1H3/q+1/b5-2+. The first kappa shape index (κ1) is 10.3. The second-order valence-corrected chi connectivity index (χ2v) is 4.40. The molecule has 2 aromatic carbocycles. The maximum atomic E-state index is 4.10. The van der Waals surface area contributed by atoms with Gasteiger partial charge in [0, 0.05) is 11.6 Å². The molecule has 2 aromatic rings. The summed E-state index contributed by atoms with van der Waals surface area (Å²) in [7, 11) is 4.10. The van der Waals surface area contributed by atoms with E-state index in [2.05, 4.69) is 61.0 Å². The molecular formula is C15H14BN+. The van der Waals surface area contributed by atoms with Crippen molar-refractivity contribution in [2.45, 2.75) is 13.5 Å². The van der Waals surface area contributed by atoms with Gasteiger partial charge in [0.05, 0.1) is 5.56 Å². The Hall–Kier alpha value is -1.83. The van der Waals surface area contributed by atoms with E-state index in [1.165, 1.54) is 27.6 Å². The zero-order valence-electron chi connectivity index (χ0n) is 9.98. The van der Waals surface area contributed by atoms with Crippen LogP contribution in [0.4, 0.5) is 0 Å². The molecule has 0 aromatic heterocycles. The third-order valence-electron chi connectivity index (χ3n) is 3.33. The lowest BCUT2D eigenvalue weighted by atomic mass is 9.98. The zero-order chi connectivity index (χ0) is 11.8. The SMILES string of the molecule is [BH][N+]1=C(/C=C/C)c2ccc3ccccc3c2C1. The van der Waals surface area contributed by atoms with E-state index in [1.807, 2.05) is 6.92 Å². The highest BCUT2D eigenvalue weighted by Gasteiger charge is 2.24. The number of rotatable bonds is 1. The van der Waals surface area contributed by atoms with Crippen LogP contribution in [0.5, 0.6) is 0 Å². The van der Waals surface area contributed by atoms with Gasteiger partial charge in [0.15, 0.2) is 5.71 Å². The molecule has 1 aliphatic heterocycles. The van der Waals surface area contributed by atoms with Crippen molar-refractivity contribution < 1.29 is 4.49 Å². The van der Waals surface area contributed by atoms with E-state index < -0.39 is 0 Å². The highest BCUT2D eigenvalue weighted by Crippen LogP contribution is 2.27. The molecule has 0 saturated heterocycles. The first-order chi connectivity index (χ1) is 8.31. The molecule has 0 bridgehead atoms. The fraction of sp³-hybridized carbons (Fsp3) is 0.133. The Morgan fingerprint density at radius 2 is 2.00 bits per heavy atom. The molecule has 17 heavy (non-hydrogen) atoms. The van der Waals surface area contributed by atoms with Gasteiger partial charge in [0.25, 0.3) is 0 Å². The van der Waals surface area contributed by atoms with Crippen molar-refractivity contribution in [1.29, 1.82) is 0 Å². The third-order valence-corrected chi connectivity index (χ3v) is 3.33.